The predicted octanol–water partition coefficient (Wildman–Crippen LogP) is 4.20. The summed E-state index contributed by atoms with van der Waals surface area (Å²) in [6, 6.07) is 17.4. The zero-order valence-corrected chi connectivity index (χ0v) is 14.0. The molecule has 0 saturated carbocycles. The Morgan fingerprint density at radius 1 is 1.12 bits per heavy atom. The predicted molar refractivity (Wildman–Crippen MR) is 99.3 cm³/mol. The normalized spacial score (nSPS) is 12.3. The Morgan fingerprint density at radius 3 is 2.73 bits per heavy atom. The van der Waals surface area contributed by atoms with E-state index in [1.807, 2.05) is 18.2 Å². The summed E-state index contributed by atoms with van der Waals surface area (Å²) in [6.07, 6.45) is 2.49. The molecule has 1 aliphatic rings. The van der Waals surface area contributed by atoms with E-state index in [0.717, 1.165) is 35.5 Å². The third kappa shape index (κ3) is 3.21. The maximum Gasteiger partial charge on any atom is 0.311 e. The number of anilines is 1. The Hall–Kier alpha value is -3.41. The second-order valence-electron chi connectivity index (χ2n) is 6.10. The van der Waals surface area contributed by atoms with Gasteiger partial charge in [0, 0.05) is 25.2 Å². The average Bonchev–Trinajstić information content (AvgIpc) is 3.15. The zero-order chi connectivity index (χ0) is 17.9. The fraction of sp³-hybridized carbons (Fsp3) is 0.150. The van der Waals surface area contributed by atoms with Crippen LogP contribution in [0.15, 0.2) is 60.8 Å². The molecule has 0 fully saturated rings. The van der Waals surface area contributed by atoms with E-state index in [9.17, 15) is 10.1 Å². The molecular weight excluding hydrogens is 330 g/mol. The van der Waals surface area contributed by atoms with Crippen molar-refractivity contribution in [3.63, 3.8) is 0 Å². The quantitative estimate of drug-likeness (QED) is 0.553. The summed E-state index contributed by atoms with van der Waals surface area (Å²) in [6.45, 7) is 1.22. The van der Waals surface area contributed by atoms with Crippen LogP contribution in [-0.2, 0) is 13.0 Å². The summed E-state index contributed by atoms with van der Waals surface area (Å²) < 4.78 is 5.55. The lowest BCUT2D eigenvalue weighted by Gasteiger charge is -2.08. The van der Waals surface area contributed by atoms with E-state index in [1.54, 1.807) is 6.07 Å². The van der Waals surface area contributed by atoms with Crippen molar-refractivity contribution in [1.29, 1.82) is 0 Å². The van der Waals surface area contributed by atoms with Crippen LogP contribution in [0.3, 0.4) is 0 Å². The minimum atomic E-state index is -0.435. The fourth-order valence-electron chi connectivity index (χ4n) is 3.05. The molecule has 0 unspecified atom stereocenters. The molecule has 0 radical (unpaired) electrons. The standard InChI is InChI=1S/C20H17N3O3/c24-23(25)18-2-1-10-21-20(18)22-13-14-3-5-15(6-4-14)16-7-8-19-17(12-16)9-11-26-19/h1-8,10,12H,9,11,13H2,(H,21,22). The van der Waals surface area contributed by atoms with Crippen molar-refractivity contribution in [1.82, 2.24) is 4.98 Å². The van der Waals surface area contributed by atoms with Gasteiger partial charge in [-0.1, -0.05) is 30.3 Å². The highest BCUT2D eigenvalue weighted by molar-refractivity contribution is 5.66. The topological polar surface area (TPSA) is 77.3 Å². The molecule has 0 bridgehead atoms. The highest BCUT2D eigenvalue weighted by Gasteiger charge is 2.14. The van der Waals surface area contributed by atoms with Gasteiger partial charge in [-0.05, 0) is 40.5 Å². The Kier molecular flexibility index (Phi) is 4.23. The Labute approximate surface area is 150 Å². The first kappa shape index (κ1) is 16.1. The molecule has 3 aromatic rings. The highest BCUT2D eigenvalue weighted by atomic mass is 16.6. The Balaban J connectivity index is 1.48. The van der Waals surface area contributed by atoms with Crippen molar-refractivity contribution in [3.05, 3.63) is 82.0 Å². The summed E-state index contributed by atoms with van der Waals surface area (Å²) in [5, 5.41) is 14.1. The fourth-order valence-corrected chi connectivity index (χ4v) is 3.05. The van der Waals surface area contributed by atoms with Crippen LogP contribution >= 0.6 is 0 Å². The molecule has 0 saturated heterocycles. The van der Waals surface area contributed by atoms with E-state index < -0.39 is 4.92 Å². The van der Waals surface area contributed by atoms with Crippen LogP contribution in [0, 0.1) is 10.1 Å². The number of hydrogen-bond acceptors (Lipinski definition) is 5. The molecule has 0 atom stereocenters. The minimum Gasteiger partial charge on any atom is -0.493 e. The van der Waals surface area contributed by atoms with Gasteiger partial charge in [-0.2, -0.15) is 0 Å². The molecule has 6 nitrogen and oxygen atoms in total. The smallest absolute Gasteiger partial charge is 0.311 e. The van der Waals surface area contributed by atoms with E-state index in [-0.39, 0.29) is 11.5 Å². The minimum absolute atomic E-state index is 0.0236. The molecule has 4 rings (SSSR count). The lowest BCUT2D eigenvalue weighted by molar-refractivity contribution is -0.384. The largest absolute Gasteiger partial charge is 0.493 e. The number of benzene rings is 2. The maximum absolute atomic E-state index is 11.0. The Bertz CT molecular complexity index is 955. The molecule has 0 aliphatic carbocycles. The van der Waals surface area contributed by atoms with Gasteiger partial charge < -0.3 is 10.1 Å². The number of nitrogens with one attached hydrogen (secondary N) is 1. The molecule has 1 aliphatic heterocycles. The number of pyridine rings is 1. The van der Waals surface area contributed by atoms with Gasteiger partial charge in [0.1, 0.15) is 5.75 Å². The Morgan fingerprint density at radius 2 is 1.92 bits per heavy atom. The number of rotatable bonds is 5. The number of nitro groups is 1. The molecule has 0 amide bonds. The molecule has 130 valence electrons. The summed E-state index contributed by atoms with van der Waals surface area (Å²) in [5.41, 5.74) is 4.54. The molecule has 2 heterocycles. The molecule has 26 heavy (non-hydrogen) atoms. The van der Waals surface area contributed by atoms with Crippen LogP contribution in [0.1, 0.15) is 11.1 Å². The lowest BCUT2D eigenvalue weighted by atomic mass is 10.0. The average molecular weight is 347 g/mol. The maximum atomic E-state index is 11.0. The number of hydrogen-bond donors (Lipinski definition) is 1. The van der Waals surface area contributed by atoms with Gasteiger partial charge in [0.25, 0.3) is 0 Å². The van der Waals surface area contributed by atoms with Gasteiger partial charge in [0.15, 0.2) is 0 Å². The van der Waals surface area contributed by atoms with Crippen LogP contribution in [0.5, 0.6) is 5.75 Å². The number of fused-ring (bicyclic) bond motifs is 1. The molecule has 6 heteroatoms. The summed E-state index contributed by atoms with van der Waals surface area (Å²) in [4.78, 5) is 14.6. The first-order valence-electron chi connectivity index (χ1n) is 8.39. The van der Waals surface area contributed by atoms with Gasteiger partial charge in [-0.15, -0.1) is 0 Å². The lowest BCUT2D eigenvalue weighted by Crippen LogP contribution is -2.04. The van der Waals surface area contributed by atoms with Gasteiger partial charge in [-0.3, -0.25) is 10.1 Å². The SMILES string of the molecule is O=[N+]([O-])c1cccnc1NCc1ccc(-c2ccc3c(c2)CCO3)cc1. The van der Waals surface area contributed by atoms with Crippen molar-refractivity contribution in [2.24, 2.45) is 0 Å². The number of aromatic nitrogens is 1. The van der Waals surface area contributed by atoms with Crippen molar-refractivity contribution in [3.8, 4) is 16.9 Å². The molecule has 2 aromatic carbocycles. The molecule has 1 N–H and O–H groups in total. The van der Waals surface area contributed by atoms with Gasteiger partial charge >= 0.3 is 5.69 Å². The molecule has 1 aromatic heterocycles. The number of nitrogens with zero attached hydrogens (tertiary/aromatic N) is 2. The van der Waals surface area contributed by atoms with Crippen molar-refractivity contribution in [2.45, 2.75) is 13.0 Å². The van der Waals surface area contributed by atoms with Gasteiger partial charge in [0.2, 0.25) is 5.82 Å². The van der Waals surface area contributed by atoms with Crippen LogP contribution in [0.25, 0.3) is 11.1 Å². The molecular formula is C20H17N3O3. The van der Waals surface area contributed by atoms with Crippen molar-refractivity contribution < 1.29 is 9.66 Å². The monoisotopic (exact) mass is 347 g/mol. The van der Waals surface area contributed by atoms with Crippen LogP contribution in [0.4, 0.5) is 11.5 Å². The first-order chi connectivity index (χ1) is 12.7. The number of ether oxygens (including phenoxy) is 1. The van der Waals surface area contributed by atoms with E-state index in [4.69, 9.17) is 4.74 Å². The summed E-state index contributed by atoms with van der Waals surface area (Å²) >= 11 is 0. The van der Waals surface area contributed by atoms with Crippen molar-refractivity contribution >= 4 is 11.5 Å². The van der Waals surface area contributed by atoms with Gasteiger partial charge in [-0.25, -0.2) is 4.98 Å². The van der Waals surface area contributed by atoms with E-state index in [1.165, 1.54) is 17.8 Å². The third-order valence-electron chi connectivity index (χ3n) is 4.42. The van der Waals surface area contributed by atoms with Crippen LogP contribution < -0.4 is 10.1 Å². The third-order valence-corrected chi connectivity index (χ3v) is 4.42. The summed E-state index contributed by atoms with van der Waals surface area (Å²) in [5.74, 6) is 1.26. The van der Waals surface area contributed by atoms with Crippen LogP contribution in [-0.4, -0.2) is 16.5 Å². The van der Waals surface area contributed by atoms with E-state index in [0.29, 0.717) is 6.54 Å². The zero-order valence-electron chi connectivity index (χ0n) is 14.0. The van der Waals surface area contributed by atoms with Crippen LogP contribution in [0.2, 0.25) is 0 Å². The summed E-state index contributed by atoms with van der Waals surface area (Å²) in [7, 11) is 0. The van der Waals surface area contributed by atoms with E-state index >= 15 is 0 Å². The molecule has 0 spiro atoms. The van der Waals surface area contributed by atoms with Gasteiger partial charge in [0.05, 0.1) is 11.5 Å². The second-order valence-corrected chi connectivity index (χ2v) is 6.10. The second kappa shape index (κ2) is 6.84. The first-order valence-corrected chi connectivity index (χ1v) is 8.39. The van der Waals surface area contributed by atoms with Crippen molar-refractivity contribution in [2.75, 3.05) is 11.9 Å². The van der Waals surface area contributed by atoms with E-state index in [2.05, 4.69) is 34.6 Å². The highest BCUT2D eigenvalue weighted by Crippen LogP contribution is 2.30.